The zero-order valence-corrected chi connectivity index (χ0v) is 49.7. The van der Waals surface area contributed by atoms with Crippen LogP contribution in [0, 0.1) is 0 Å². The zero-order chi connectivity index (χ0) is 54.3. The first-order valence-corrected chi connectivity index (χ1v) is 31.9. The van der Waals surface area contributed by atoms with E-state index < -0.39 is 32.5 Å². The van der Waals surface area contributed by atoms with Gasteiger partial charge in [0.1, 0.15) is 19.3 Å². The fourth-order valence-electron chi connectivity index (χ4n) is 8.38. The predicted molar refractivity (Wildman–Crippen MR) is 316 cm³/mol. The van der Waals surface area contributed by atoms with Crippen molar-refractivity contribution in [1.29, 1.82) is 0 Å². The van der Waals surface area contributed by atoms with Crippen molar-refractivity contribution in [3.63, 3.8) is 0 Å². The SMILES string of the molecule is CC/C=C\C/C=C\C/C=C\C/C=C\C/C=C\CCCC(=O)OC(/C=C/CCCCCCCCCCCC)C(COP(=O)([O-])OCC[N+](C)(C)C)NC(=O)CCCCCCCCCCC/C=C/CCCCCCCC. The Morgan fingerprint density at radius 3 is 1.34 bits per heavy atom. The van der Waals surface area contributed by atoms with Crippen LogP contribution in [-0.4, -0.2) is 69.4 Å². The predicted octanol–water partition coefficient (Wildman–Crippen LogP) is 18.0. The normalized spacial score (nSPS) is 14.3. The average molecular weight is 1060 g/mol. The molecule has 0 aliphatic carbocycles. The number of nitrogens with one attached hydrogen (secondary N) is 1. The summed E-state index contributed by atoms with van der Waals surface area (Å²) in [5.41, 5.74) is 0. The Bertz CT molecular complexity index is 1540. The molecule has 0 rings (SSSR count). The van der Waals surface area contributed by atoms with Gasteiger partial charge in [0.2, 0.25) is 5.91 Å². The van der Waals surface area contributed by atoms with Crippen LogP contribution in [0.5, 0.6) is 0 Å². The highest BCUT2D eigenvalue weighted by molar-refractivity contribution is 7.45. The van der Waals surface area contributed by atoms with Gasteiger partial charge in [-0.3, -0.25) is 14.2 Å². The number of esters is 1. The van der Waals surface area contributed by atoms with Crippen molar-refractivity contribution in [2.24, 2.45) is 0 Å². The largest absolute Gasteiger partial charge is 0.756 e. The van der Waals surface area contributed by atoms with Crippen molar-refractivity contribution in [3.05, 3.63) is 85.1 Å². The summed E-state index contributed by atoms with van der Waals surface area (Å²) in [5, 5.41) is 3.01. The lowest BCUT2D eigenvalue weighted by Crippen LogP contribution is -2.47. The number of phosphoric acid groups is 1. The summed E-state index contributed by atoms with van der Waals surface area (Å²) in [6, 6.07) is -0.915. The fourth-order valence-corrected chi connectivity index (χ4v) is 9.10. The minimum Gasteiger partial charge on any atom is -0.756 e. The molecule has 0 radical (unpaired) electrons. The highest BCUT2D eigenvalue weighted by Gasteiger charge is 2.27. The van der Waals surface area contributed by atoms with Gasteiger partial charge in [0, 0.05) is 12.8 Å². The molecule has 0 heterocycles. The summed E-state index contributed by atoms with van der Waals surface area (Å²) in [4.78, 5) is 39.9. The highest BCUT2D eigenvalue weighted by atomic mass is 31.2. The van der Waals surface area contributed by atoms with E-state index in [1.54, 1.807) is 0 Å². The van der Waals surface area contributed by atoms with E-state index in [1.807, 2.05) is 33.3 Å². The summed E-state index contributed by atoms with van der Waals surface area (Å²) in [6.45, 7) is 6.69. The molecule has 428 valence electrons. The van der Waals surface area contributed by atoms with Gasteiger partial charge in [0.05, 0.1) is 33.8 Å². The lowest BCUT2D eigenvalue weighted by atomic mass is 10.0. The molecule has 3 atom stereocenters. The van der Waals surface area contributed by atoms with Crippen LogP contribution in [0.4, 0.5) is 0 Å². The Labute approximate surface area is 456 Å². The summed E-state index contributed by atoms with van der Waals surface area (Å²) in [5.74, 6) is -0.612. The number of hydrogen-bond acceptors (Lipinski definition) is 7. The van der Waals surface area contributed by atoms with Crippen LogP contribution in [0.25, 0.3) is 0 Å². The lowest BCUT2D eigenvalue weighted by Gasteiger charge is -2.30. The number of quaternary nitrogens is 1. The number of unbranched alkanes of at least 4 members (excludes halogenated alkanes) is 26. The average Bonchev–Trinajstić information content (AvgIpc) is 3.36. The van der Waals surface area contributed by atoms with E-state index in [0.717, 1.165) is 83.5 Å². The molecule has 0 saturated carbocycles. The monoisotopic (exact) mass is 1050 g/mol. The maximum Gasteiger partial charge on any atom is 0.306 e. The zero-order valence-electron chi connectivity index (χ0n) is 48.8. The van der Waals surface area contributed by atoms with Crippen molar-refractivity contribution in [2.45, 2.75) is 270 Å². The summed E-state index contributed by atoms with van der Waals surface area (Å²) in [6.07, 6.45) is 69.8. The molecule has 0 aromatic heterocycles. The standard InChI is InChI=1S/C64H115N2O7P/c1-7-10-13-16-19-22-25-28-30-32-33-35-36-38-41-44-47-50-53-56-63(67)65-61(60-72-74(69,70)71-59-58-66(4,5)6)62(55-52-49-46-43-40-27-24-21-18-15-12-9-3)73-64(68)57-54-51-48-45-42-39-37-34-31-29-26-23-20-17-14-11-8-2/h11,14,20,23,28-31,37,39,45,48,52,55,61-62H,7-10,12-13,15-19,21-22,24-27,32-36,38,40-44,46-47,49-51,53-54,56-60H2,1-6H3,(H-,65,67,69,70)/b14-11-,23-20-,30-28+,31-29-,39-37-,48-45-,55-52+. The number of carbonyl (C=O) groups excluding carboxylic acids is 2. The summed E-state index contributed by atoms with van der Waals surface area (Å²) >= 11 is 0. The van der Waals surface area contributed by atoms with Gasteiger partial charge in [-0.1, -0.05) is 235 Å². The summed E-state index contributed by atoms with van der Waals surface area (Å²) < 4.78 is 30.2. The van der Waals surface area contributed by atoms with Crippen molar-refractivity contribution in [3.8, 4) is 0 Å². The molecule has 1 amide bonds. The summed E-state index contributed by atoms with van der Waals surface area (Å²) in [7, 11) is 1.15. The third kappa shape index (κ3) is 54.0. The molecule has 1 N–H and O–H groups in total. The molecule has 0 fully saturated rings. The number of allylic oxidation sites excluding steroid dienone is 13. The van der Waals surface area contributed by atoms with Crippen molar-refractivity contribution < 1.29 is 37.3 Å². The molecular formula is C64H115N2O7P. The maximum atomic E-state index is 13.5. The van der Waals surface area contributed by atoms with Crippen LogP contribution in [0.15, 0.2) is 85.1 Å². The van der Waals surface area contributed by atoms with Gasteiger partial charge < -0.3 is 28.5 Å². The molecule has 3 unspecified atom stereocenters. The van der Waals surface area contributed by atoms with E-state index in [9.17, 15) is 19.0 Å². The second-order valence-corrected chi connectivity index (χ2v) is 22.9. The number of hydrogen-bond donors (Lipinski definition) is 1. The first-order valence-electron chi connectivity index (χ1n) is 30.4. The Balaban J connectivity index is 5.36. The molecule has 0 aromatic carbocycles. The number of amides is 1. The highest BCUT2D eigenvalue weighted by Crippen LogP contribution is 2.38. The van der Waals surface area contributed by atoms with Crippen LogP contribution in [0.1, 0.15) is 258 Å². The van der Waals surface area contributed by atoms with Gasteiger partial charge in [-0.05, 0) is 96.0 Å². The van der Waals surface area contributed by atoms with Gasteiger partial charge >= 0.3 is 5.97 Å². The molecule has 0 aliphatic heterocycles. The van der Waals surface area contributed by atoms with E-state index in [4.69, 9.17) is 13.8 Å². The first kappa shape index (κ1) is 71.2. The van der Waals surface area contributed by atoms with Crippen molar-refractivity contribution >= 4 is 19.7 Å². The van der Waals surface area contributed by atoms with Crippen molar-refractivity contribution in [2.75, 3.05) is 40.9 Å². The number of carbonyl (C=O) groups is 2. The minimum atomic E-state index is -4.71. The van der Waals surface area contributed by atoms with Crippen molar-refractivity contribution in [1.82, 2.24) is 5.32 Å². The minimum absolute atomic E-state index is 0.0344. The molecule has 0 aliphatic rings. The Kier molecular flexibility index (Phi) is 51.5. The van der Waals surface area contributed by atoms with Gasteiger partial charge in [-0.15, -0.1) is 0 Å². The topological polar surface area (TPSA) is 114 Å². The van der Waals surface area contributed by atoms with Gasteiger partial charge in [0.25, 0.3) is 7.82 Å². The maximum absolute atomic E-state index is 13.5. The Morgan fingerprint density at radius 1 is 0.486 bits per heavy atom. The van der Waals surface area contributed by atoms with E-state index in [1.165, 1.54) is 135 Å². The molecule has 0 spiro atoms. The van der Waals surface area contributed by atoms with Crippen LogP contribution < -0.4 is 10.2 Å². The molecule has 10 heteroatoms. The molecule has 74 heavy (non-hydrogen) atoms. The van der Waals surface area contributed by atoms with E-state index in [0.29, 0.717) is 23.9 Å². The Hall–Kier alpha value is -2.81. The molecule has 9 nitrogen and oxygen atoms in total. The Morgan fingerprint density at radius 2 is 0.878 bits per heavy atom. The first-order chi connectivity index (χ1) is 35.9. The van der Waals surface area contributed by atoms with Crippen LogP contribution in [0.3, 0.4) is 0 Å². The fraction of sp³-hybridized carbons (Fsp3) is 0.750. The molecule has 0 aromatic rings. The number of likely N-dealkylation sites (N-methyl/N-ethyl adjacent to an activating group) is 1. The van der Waals surface area contributed by atoms with Gasteiger partial charge in [-0.25, -0.2) is 0 Å². The van der Waals surface area contributed by atoms with Gasteiger partial charge in [-0.2, -0.15) is 0 Å². The van der Waals surface area contributed by atoms with E-state index >= 15 is 0 Å². The van der Waals surface area contributed by atoms with Crippen LogP contribution >= 0.6 is 7.82 Å². The smallest absolute Gasteiger partial charge is 0.306 e. The number of phosphoric ester groups is 1. The van der Waals surface area contributed by atoms with Gasteiger partial charge in [0.15, 0.2) is 0 Å². The lowest BCUT2D eigenvalue weighted by molar-refractivity contribution is -0.870. The second kappa shape index (κ2) is 53.6. The van der Waals surface area contributed by atoms with Crippen LogP contribution in [0.2, 0.25) is 0 Å². The van der Waals surface area contributed by atoms with E-state index in [-0.39, 0.29) is 18.9 Å². The quantitative estimate of drug-likeness (QED) is 0.0212. The second-order valence-electron chi connectivity index (χ2n) is 21.5. The molecule has 0 saturated heterocycles. The van der Waals surface area contributed by atoms with E-state index in [2.05, 4.69) is 99.0 Å². The molecule has 0 bridgehead atoms. The number of rotatable bonds is 54. The third-order valence-electron chi connectivity index (χ3n) is 13.1. The third-order valence-corrected chi connectivity index (χ3v) is 14.0. The number of nitrogens with zero attached hydrogens (tertiary/aromatic N) is 1. The number of ether oxygens (including phenoxy) is 1. The van der Waals surface area contributed by atoms with Crippen LogP contribution in [-0.2, 0) is 27.9 Å². The molecular weight excluding hydrogens is 940 g/mol.